The molecule has 4 heteroatoms. The van der Waals surface area contributed by atoms with Crippen molar-refractivity contribution in [3.05, 3.63) is 97.6 Å². The minimum atomic E-state index is 1.29. The van der Waals surface area contributed by atoms with Gasteiger partial charge in [0.05, 0.1) is 20.8 Å². The predicted octanol–water partition coefficient (Wildman–Crippen LogP) is 8.00. The smallest absolute Gasteiger partial charge is 0.0724 e. The monoisotopic (exact) mass is 420 g/mol. The van der Waals surface area contributed by atoms with E-state index >= 15 is 0 Å². The van der Waals surface area contributed by atoms with Gasteiger partial charge in [-0.1, -0.05) is 36.4 Å². The molecule has 7 aromatic rings. The second-order valence-electron chi connectivity index (χ2n) is 7.48. The number of aromatic nitrogens is 2. The third-order valence-corrected chi connectivity index (χ3v) is 8.18. The van der Waals surface area contributed by atoms with E-state index in [2.05, 4.69) is 107 Å². The SMILES string of the molecule is c1ccc2c(c1)sc1c(-n3cccc3)c3c(sc4ccccc43)c(-n3cccc3)c12. The van der Waals surface area contributed by atoms with Gasteiger partial charge in [-0.2, -0.15) is 0 Å². The molecule has 0 bridgehead atoms. The summed E-state index contributed by atoms with van der Waals surface area (Å²) in [6.45, 7) is 0. The van der Waals surface area contributed by atoms with Gasteiger partial charge < -0.3 is 9.13 Å². The molecule has 0 fully saturated rings. The van der Waals surface area contributed by atoms with Crippen molar-refractivity contribution in [1.82, 2.24) is 9.13 Å². The number of nitrogens with zero attached hydrogens (tertiary/aromatic N) is 2. The highest BCUT2D eigenvalue weighted by Crippen LogP contribution is 2.50. The Morgan fingerprint density at radius 3 is 1.30 bits per heavy atom. The van der Waals surface area contributed by atoms with Crippen LogP contribution in [0.4, 0.5) is 0 Å². The molecule has 0 aliphatic carbocycles. The van der Waals surface area contributed by atoms with Gasteiger partial charge in [-0.15, -0.1) is 22.7 Å². The lowest BCUT2D eigenvalue weighted by molar-refractivity contribution is 1.10. The number of fused-ring (bicyclic) bond motifs is 6. The number of benzene rings is 3. The standard InChI is InChI=1S/C26H16N2S2/c1-3-11-19-17(9-1)21-23(27-13-5-6-14-27)26-22(18-10-2-4-12-20(18)30-26)24(25(21)29-19)28-15-7-8-16-28/h1-16H. The van der Waals surface area contributed by atoms with Crippen molar-refractivity contribution >= 4 is 63.0 Å². The molecule has 2 nitrogen and oxygen atoms in total. The first-order valence-electron chi connectivity index (χ1n) is 9.95. The third-order valence-electron chi connectivity index (χ3n) is 5.82. The first kappa shape index (κ1) is 16.5. The Bertz CT molecular complexity index is 1550. The Balaban J connectivity index is 1.86. The molecule has 0 aliphatic rings. The topological polar surface area (TPSA) is 9.86 Å². The molecule has 0 saturated heterocycles. The Labute approximate surface area is 180 Å². The minimum absolute atomic E-state index is 1.29. The van der Waals surface area contributed by atoms with Crippen LogP contribution < -0.4 is 0 Å². The van der Waals surface area contributed by atoms with E-state index in [1.54, 1.807) is 0 Å². The van der Waals surface area contributed by atoms with Crippen molar-refractivity contribution < 1.29 is 0 Å². The molecular weight excluding hydrogens is 404 g/mol. The molecule has 4 heterocycles. The largest absolute Gasteiger partial charge is 0.322 e. The Kier molecular flexibility index (Phi) is 3.34. The molecule has 0 spiro atoms. The van der Waals surface area contributed by atoms with Crippen molar-refractivity contribution in [2.75, 3.05) is 0 Å². The maximum absolute atomic E-state index is 2.29. The quantitative estimate of drug-likeness (QED) is 0.268. The first-order valence-corrected chi connectivity index (χ1v) is 11.6. The maximum atomic E-state index is 2.29. The van der Waals surface area contributed by atoms with Gasteiger partial charge in [0.25, 0.3) is 0 Å². The fourth-order valence-corrected chi connectivity index (χ4v) is 7.10. The molecule has 0 radical (unpaired) electrons. The Morgan fingerprint density at radius 1 is 0.467 bits per heavy atom. The molecule has 0 N–H and O–H groups in total. The predicted molar refractivity (Wildman–Crippen MR) is 131 cm³/mol. The number of rotatable bonds is 2. The van der Waals surface area contributed by atoms with E-state index in [1.165, 1.54) is 51.7 Å². The lowest BCUT2D eigenvalue weighted by Crippen LogP contribution is -1.97. The molecular formula is C26H16N2S2. The fraction of sp³-hybridized carbons (Fsp3) is 0. The van der Waals surface area contributed by atoms with Crippen molar-refractivity contribution in [3.8, 4) is 11.4 Å². The van der Waals surface area contributed by atoms with Gasteiger partial charge in [-0.25, -0.2) is 0 Å². The van der Waals surface area contributed by atoms with E-state index in [-0.39, 0.29) is 0 Å². The van der Waals surface area contributed by atoms with Crippen LogP contribution in [0.25, 0.3) is 51.7 Å². The molecule has 0 aliphatic heterocycles. The fourth-order valence-electron chi connectivity index (χ4n) is 4.58. The van der Waals surface area contributed by atoms with Gasteiger partial charge in [0.15, 0.2) is 0 Å². The van der Waals surface area contributed by atoms with Crippen molar-refractivity contribution in [3.63, 3.8) is 0 Å². The lowest BCUT2D eigenvalue weighted by atomic mass is 10.0. The molecule has 4 aromatic heterocycles. The molecule has 142 valence electrons. The second-order valence-corrected chi connectivity index (χ2v) is 9.59. The highest BCUT2D eigenvalue weighted by Gasteiger charge is 2.23. The van der Waals surface area contributed by atoms with Crippen LogP contribution in [-0.4, -0.2) is 9.13 Å². The molecule has 0 atom stereocenters. The van der Waals surface area contributed by atoms with Crippen LogP contribution in [0.15, 0.2) is 97.6 Å². The summed E-state index contributed by atoms with van der Waals surface area (Å²) in [6, 6.07) is 26.0. The summed E-state index contributed by atoms with van der Waals surface area (Å²) < 4.78 is 9.92. The zero-order valence-electron chi connectivity index (χ0n) is 15.9. The van der Waals surface area contributed by atoms with Crippen LogP contribution in [0.2, 0.25) is 0 Å². The van der Waals surface area contributed by atoms with E-state index in [1.807, 2.05) is 22.7 Å². The number of hydrogen-bond acceptors (Lipinski definition) is 2. The summed E-state index contributed by atoms with van der Waals surface area (Å²) in [5, 5.41) is 5.34. The van der Waals surface area contributed by atoms with Crippen molar-refractivity contribution in [2.45, 2.75) is 0 Å². The molecule has 0 unspecified atom stereocenters. The van der Waals surface area contributed by atoms with Gasteiger partial charge >= 0.3 is 0 Å². The summed E-state index contributed by atoms with van der Waals surface area (Å²) in [7, 11) is 0. The minimum Gasteiger partial charge on any atom is -0.322 e. The van der Waals surface area contributed by atoms with Crippen LogP contribution in [0.3, 0.4) is 0 Å². The number of hydrogen-bond donors (Lipinski definition) is 0. The van der Waals surface area contributed by atoms with Crippen molar-refractivity contribution in [2.24, 2.45) is 0 Å². The van der Waals surface area contributed by atoms with Crippen LogP contribution in [0.5, 0.6) is 0 Å². The summed E-state index contributed by atoms with van der Waals surface area (Å²) >= 11 is 3.79. The summed E-state index contributed by atoms with van der Waals surface area (Å²) in [5.41, 5.74) is 2.58. The van der Waals surface area contributed by atoms with Gasteiger partial charge in [0, 0.05) is 55.7 Å². The van der Waals surface area contributed by atoms with Crippen LogP contribution in [0.1, 0.15) is 0 Å². The Morgan fingerprint density at radius 2 is 0.867 bits per heavy atom. The average molecular weight is 421 g/mol. The first-order chi connectivity index (χ1) is 14.9. The van der Waals surface area contributed by atoms with Crippen LogP contribution in [-0.2, 0) is 0 Å². The van der Waals surface area contributed by atoms with E-state index < -0.39 is 0 Å². The maximum Gasteiger partial charge on any atom is 0.0724 e. The summed E-state index contributed by atoms with van der Waals surface area (Å²) in [4.78, 5) is 0. The van der Waals surface area contributed by atoms with Gasteiger partial charge in [-0.3, -0.25) is 0 Å². The summed E-state index contributed by atoms with van der Waals surface area (Å²) in [6.07, 6.45) is 8.67. The second kappa shape index (κ2) is 6.08. The van der Waals surface area contributed by atoms with E-state index in [0.29, 0.717) is 0 Å². The number of thiophene rings is 2. The van der Waals surface area contributed by atoms with Crippen LogP contribution >= 0.6 is 22.7 Å². The zero-order valence-corrected chi connectivity index (χ0v) is 17.6. The van der Waals surface area contributed by atoms with E-state index in [0.717, 1.165) is 0 Å². The van der Waals surface area contributed by atoms with E-state index in [9.17, 15) is 0 Å². The normalized spacial score (nSPS) is 12.0. The van der Waals surface area contributed by atoms with E-state index in [4.69, 9.17) is 0 Å². The van der Waals surface area contributed by atoms with Gasteiger partial charge in [0.1, 0.15) is 0 Å². The van der Waals surface area contributed by atoms with Crippen molar-refractivity contribution in [1.29, 1.82) is 0 Å². The van der Waals surface area contributed by atoms with Crippen LogP contribution in [0, 0.1) is 0 Å². The lowest BCUT2D eigenvalue weighted by Gasteiger charge is -2.14. The van der Waals surface area contributed by atoms with Gasteiger partial charge in [0.2, 0.25) is 0 Å². The molecule has 0 amide bonds. The molecule has 0 saturated carbocycles. The summed E-state index contributed by atoms with van der Waals surface area (Å²) in [5.74, 6) is 0. The van der Waals surface area contributed by atoms with Gasteiger partial charge in [-0.05, 0) is 36.4 Å². The molecule has 7 rings (SSSR count). The molecule has 3 aromatic carbocycles. The third kappa shape index (κ3) is 2.12. The zero-order chi connectivity index (χ0) is 19.7. The highest BCUT2D eigenvalue weighted by atomic mass is 32.1. The Hall–Kier alpha value is -3.34. The highest BCUT2D eigenvalue weighted by molar-refractivity contribution is 7.28. The average Bonchev–Trinajstić information content (AvgIpc) is 3.58. The molecule has 30 heavy (non-hydrogen) atoms.